The number of thiazole rings is 1. The molecule has 2 heterocycles. The Bertz CT molecular complexity index is 894. The fourth-order valence-corrected chi connectivity index (χ4v) is 2.89. The number of carbonyl (C=O) groups excluding carboxylic acids is 1. The summed E-state index contributed by atoms with van der Waals surface area (Å²) in [5.41, 5.74) is 1.11. The minimum atomic E-state index is -1.01. The summed E-state index contributed by atoms with van der Waals surface area (Å²) in [6.45, 7) is 0. The monoisotopic (exact) mass is 333 g/mol. The summed E-state index contributed by atoms with van der Waals surface area (Å²) in [6.07, 6.45) is 2.83. The molecule has 8 heteroatoms. The summed E-state index contributed by atoms with van der Waals surface area (Å²) in [5, 5.41) is 12.4. The van der Waals surface area contributed by atoms with Crippen LogP contribution in [0.4, 0.5) is 5.13 Å². The molecule has 0 spiro atoms. The number of benzene rings is 1. The van der Waals surface area contributed by atoms with Gasteiger partial charge in [0.25, 0.3) is 5.91 Å². The summed E-state index contributed by atoms with van der Waals surface area (Å²) in [6, 6.07) is 6.09. The normalized spacial score (nSPS) is 10.6. The second-order valence-electron chi connectivity index (χ2n) is 4.35. The fourth-order valence-electron chi connectivity index (χ4n) is 1.82. The summed E-state index contributed by atoms with van der Waals surface area (Å²) in [7, 11) is 0. The zero-order valence-electron chi connectivity index (χ0n) is 10.9. The van der Waals surface area contributed by atoms with E-state index < -0.39 is 5.97 Å². The van der Waals surface area contributed by atoms with E-state index in [9.17, 15) is 9.59 Å². The molecule has 0 aliphatic carbocycles. The van der Waals surface area contributed by atoms with Crippen molar-refractivity contribution in [3.8, 4) is 0 Å². The number of halogens is 1. The van der Waals surface area contributed by atoms with E-state index in [0.717, 1.165) is 0 Å². The molecule has 110 valence electrons. The summed E-state index contributed by atoms with van der Waals surface area (Å²) < 4.78 is 0.680. The number of aromatic nitrogens is 2. The Morgan fingerprint density at radius 3 is 2.73 bits per heavy atom. The van der Waals surface area contributed by atoms with Crippen molar-refractivity contribution < 1.29 is 14.7 Å². The van der Waals surface area contributed by atoms with Gasteiger partial charge in [-0.3, -0.25) is 15.1 Å². The van der Waals surface area contributed by atoms with E-state index in [1.54, 1.807) is 6.07 Å². The molecule has 0 fully saturated rings. The van der Waals surface area contributed by atoms with Crippen LogP contribution in [0.25, 0.3) is 10.2 Å². The second kappa shape index (κ2) is 5.70. The lowest BCUT2D eigenvalue weighted by Gasteiger charge is -2.00. The maximum absolute atomic E-state index is 12.1. The van der Waals surface area contributed by atoms with Crippen LogP contribution in [0.1, 0.15) is 20.7 Å². The summed E-state index contributed by atoms with van der Waals surface area (Å²) in [4.78, 5) is 31.1. The van der Waals surface area contributed by atoms with Crippen molar-refractivity contribution in [2.45, 2.75) is 0 Å². The number of carboxylic acid groups (broad SMARTS) is 1. The van der Waals surface area contributed by atoms with Crippen LogP contribution in [0, 0.1) is 0 Å². The Balaban J connectivity index is 1.87. The molecule has 0 aliphatic rings. The number of hydrogen-bond donors (Lipinski definition) is 2. The third kappa shape index (κ3) is 2.90. The number of rotatable bonds is 3. The van der Waals surface area contributed by atoms with E-state index in [1.807, 2.05) is 0 Å². The third-order valence-corrected chi connectivity index (χ3v) is 3.96. The maximum atomic E-state index is 12.1. The van der Waals surface area contributed by atoms with Crippen molar-refractivity contribution in [3.63, 3.8) is 0 Å². The number of anilines is 1. The highest BCUT2D eigenvalue weighted by Gasteiger charge is 2.12. The van der Waals surface area contributed by atoms with Gasteiger partial charge in [-0.25, -0.2) is 9.78 Å². The van der Waals surface area contributed by atoms with Gasteiger partial charge < -0.3 is 5.11 Å². The molecule has 1 aromatic carbocycles. The van der Waals surface area contributed by atoms with Gasteiger partial charge in [0.2, 0.25) is 0 Å². The standard InChI is InChI=1S/C14H8ClN3O3S/c15-9-3-8(5-16-6-9)12(19)18-14-17-10-2-1-7(13(20)21)4-11(10)22-14/h1-6H,(H,20,21)(H,17,18,19). The van der Waals surface area contributed by atoms with E-state index in [0.29, 0.717) is 25.9 Å². The molecule has 3 aromatic rings. The molecule has 0 aliphatic heterocycles. The van der Waals surface area contributed by atoms with E-state index >= 15 is 0 Å². The summed E-state index contributed by atoms with van der Waals surface area (Å²) in [5.74, 6) is -1.39. The van der Waals surface area contributed by atoms with E-state index in [-0.39, 0.29) is 11.5 Å². The molecule has 0 saturated heterocycles. The molecule has 6 nitrogen and oxygen atoms in total. The molecule has 0 atom stereocenters. The zero-order valence-corrected chi connectivity index (χ0v) is 12.5. The van der Waals surface area contributed by atoms with Gasteiger partial charge in [0.1, 0.15) is 0 Å². The number of carbonyl (C=O) groups is 2. The van der Waals surface area contributed by atoms with Gasteiger partial charge in [-0.2, -0.15) is 0 Å². The first kappa shape index (κ1) is 14.4. The smallest absolute Gasteiger partial charge is 0.335 e. The number of hydrogen-bond acceptors (Lipinski definition) is 5. The SMILES string of the molecule is O=C(O)c1ccc2nc(NC(=O)c3cncc(Cl)c3)sc2c1. The number of nitrogens with one attached hydrogen (secondary N) is 1. The molecule has 0 unspecified atom stereocenters. The highest BCUT2D eigenvalue weighted by molar-refractivity contribution is 7.22. The second-order valence-corrected chi connectivity index (χ2v) is 5.82. The van der Waals surface area contributed by atoms with Crippen molar-refractivity contribution in [1.29, 1.82) is 0 Å². The van der Waals surface area contributed by atoms with Crippen molar-refractivity contribution in [2.75, 3.05) is 5.32 Å². The van der Waals surface area contributed by atoms with Crippen LogP contribution in [0.5, 0.6) is 0 Å². The predicted molar refractivity (Wildman–Crippen MR) is 83.8 cm³/mol. The van der Waals surface area contributed by atoms with Gasteiger partial charge in [0.15, 0.2) is 5.13 Å². The zero-order chi connectivity index (χ0) is 15.7. The van der Waals surface area contributed by atoms with Crippen LogP contribution in [0.15, 0.2) is 36.7 Å². The van der Waals surface area contributed by atoms with Crippen molar-refractivity contribution in [1.82, 2.24) is 9.97 Å². The lowest BCUT2D eigenvalue weighted by molar-refractivity contribution is 0.0697. The number of pyridine rings is 1. The Kier molecular flexibility index (Phi) is 3.74. The Hall–Kier alpha value is -2.51. The van der Waals surface area contributed by atoms with Crippen LogP contribution in [-0.2, 0) is 0 Å². The Labute approximate surface area is 133 Å². The van der Waals surface area contributed by atoms with Crippen molar-refractivity contribution in [2.24, 2.45) is 0 Å². The predicted octanol–water partition coefficient (Wildman–Crippen LogP) is 3.30. The molecule has 0 bridgehead atoms. The Morgan fingerprint density at radius 1 is 1.18 bits per heavy atom. The van der Waals surface area contributed by atoms with E-state index in [1.165, 1.54) is 41.9 Å². The molecule has 0 radical (unpaired) electrons. The van der Waals surface area contributed by atoms with Crippen LogP contribution in [-0.4, -0.2) is 27.0 Å². The molecule has 2 N–H and O–H groups in total. The summed E-state index contributed by atoms with van der Waals surface area (Å²) >= 11 is 6.99. The lowest BCUT2D eigenvalue weighted by atomic mass is 10.2. The molecule has 3 rings (SSSR count). The van der Waals surface area contributed by atoms with Crippen LogP contribution < -0.4 is 5.32 Å². The highest BCUT2D eigenvalue weighted by atomic mass is 35.5. The van der Waals surface area contributed by atoms with Gasteiger partial charge in [-0.05, 0) is 24.3 Å². The fraction of sp³-hybridized carbons (Fsp3) is 0. The van der Waals surface area contributed by atoms with Gasteiger partial charge in [-0.1, -0.05) is 22.9 Å². The maximum Gasteiger partial charge on any atom is 0.335 e. The van der Waals surface area contributed by atoms with Gasteiger partial charge in [0, 0.05) is 12.4 Å². The molecule has 0 saturated carbocycles. The topological polar surface area (TPSA) is 92.2 Å². The molecule has 2 aromatic heterocycles. The van der Waals surface area contributed by atoms with Gasteiger partial charge in [-0.15, -0.1) is 0 Å². The first-order valence-corrected chi connectivity index (χ1v) is 7.28. The van der Waals surface area contributed by atoms with E-state index in [2.05, 4.69) is 15.3 Å². The quantitative estimate of drug-likeness (QED) is 0.767. The average Bonchev–Trinajstić information content (AvgIpc) is 2.88. The highest BCUT2D eigenvalue weighted by Crippen LogP contribution is 2.27. The van der Waals surface area contributed by atoms with Crippen LogP contribution in [0.2, 0.25) is 5.02 Å². The van der Waals surface area contributed by atoms with Gasteiger partial charge in [0.05, 0.1) is 26.4 Å². The molecular weight excluding hydrogens is 326 g/mol. The first-order valence-electron chi connectivity index (χ1n) is 6.09. The average molecular weight is 334 g/mol. The van der Waals surface area contributed by atoms with Crippen molar-refractivity contribution >= 4 is 50.2 Å². The number of nitrogens with zero attached hydrogens (tertiary/aromatic N) is 2. The lowest BCUT2D eigenvalue weighted by Crippen LogP contribution is -2.11. The molecular formula is C14H8ClN3O3S. The number of amides is 1. The molecule has 1 amide bonds. The largest absolute Gasteiger partial charge is 0.478 e. The number of fused-ring (bicyclic) bond motifs is 1. The van der Waals surface area contributed by atoms with E-state index in [4.69, 9.17) is 16.7 Å². The Morgan fingerprint density at radius 2 is 2.00 bits per heavy atom. The first-order chi connectivity index (χ1) is 10.5. The minimum Gasteiger partial charge on any atom is -0.478 e. The number of carboxylic acids is 1. The van der Waals surface area contributed by atoms with Crippen LogP contribution >= 0.6 is 22.9 Å². The third-order valence-electron chi connectivity index (χ3n) is 2.82. The molecule has 22 heavy (non-hydrogen) atoms. The minimum absolute atomic E-state index is 0.174. The number of aromatic carboxylic acids is 1. The van der Waals surface area contributed by atoms with Gasteiger partial charge >= 0.3 is 5.97 Å². The van der Waals surface area contributed by atoms with Crippen LogP contribution in [0.3, 0.4) is 0 Å². The van der Waals surface area contributed by atoms with Crippen molar-refractivity contribution in [3.05, 3.63) is 52.8 Å².